The van der Waals surface area contributed by atoms with Gasteiger partial charge < -0.3 is 42.3 Å². The number of carboxylic acid groups (broad SMARTS) is 3. The molecule has 0 aliphatic carbocycles. The molecule has 19 nitrogen and oxygen atoms in total. The number of anilines is 2. The third-order valence-electron chi connectivity index (χ3n) is 6.27. The number of carbonyl (C=O) groups excluding carboxylic acids is 3. The summed E-state index contributed by atoms with van der Waals surface area (Å²) < 4.78 is 0. The van der Waals surface area contributed by atoms with Crippen molar-refractivity contribution >= 4 is 58.4 Å². The number of aromatic nitrogens is 4. The Bertz CT molecular complexity index is 1690. The van der Waals surface area contributed by atoms with E-state index in [1.54, 1.807) is 12.1 Å². The minimum absolute atomic E-state index is 0.0131. The highest BCUT2D eigenvalue weighted by atomic mass is 16.4. The Balaban J connectivity index is 1.54. The Morgan fingerprint density at radius 3 is 2.22 bits per heavy atom. The molecule has 3 amide bonds. The van der Waals surface area contributed by atoms with E-state index in [2.05, 4.69) is 41.2 Å². The summed E-state index contributed by atoms with van der Waals surface area (Å²) >= 11 is 0. The van der Waals surface area contributed by atoms with Crippen LogP contribution in [-0.2, 0) is 30.5 Å². The summed E-state index contributed by atoms with van der Waals surface area (Å²) in [5.41, 5.74) is 6.15. The van der Waals surface area contributed by atoms with Gasteiger partial charge in [-0.3, -0.25) is 33.8 Å². The maximum Gasteiger partial charge on any atom is 0.326 e. The van der Waals surface area contributed by atoms with E-state index in [1.807, 2.05) is 0 Å². The standard InChI is InChI=1S/C27H31N9O10/c1-12(8-19(38)39)31-24(43)17(9-20(40)41)33-18(37)7-6-16(26(45)46)34-23(42)13-2-4-14(5-3-13)29-10-15-11-30-22-21(32-15)25(44)36-27(28)35-22/h2-5,11-12,16-17,29H,6-10H2,1H3,(H,31,43)(H,33,37)(H,34,42)(H,38,39)(H,40,41)(H,45,46)(H3,28,30,35,36,44)/t12-,16+,17+/m1/s1. The lowest BCUT2D eigenvalue weighted by atomic mass is 10.1. The Morgan fingerprint density at radius 1 is 0.913 bits per heavy atom. The summed E-state index contributed by atoms with van der Waals surface area (Å²) in [7, 11) is 0. The minimum Gasteiger partial charge on any atom is -0.481 e. The number of aliphatic carboxylic acids is 3. The number of hydrogen-bond donors (Lipinski definition) is 9. The van der Waals surface area contributed by atoms with Crippen molar-refractivity contribution in [2.75, 3.05) is 11.1 Å². The first kappa shape index (κ1) is 34.4. The molecule has 46 heavy (non-hydrogen) atoms. The Labute approximate surface area is 259 Å². The summed E-state index contributed by atoms with van der Waals surface area (Å²) in [4.78, 5) is 97.9. The summed E-state index contributed by atoms with van der Waals surface area (Å²) in [6.07, 6.45) is -0.692. The zero-order valence-electron chi connectivity index (χ0n) is 24.3. The van der Waals surface area contributed by atoms with Crippen LogP contribution < -0.4 is 32.6 Å². The number of hydrogen-bond acceptors (Lipinski definition) is 12. The Morgan fingerprint density at radius 2 is 1.59 bits per heavy atom. The molecule has 0 unspecified atom stereocenters. The van der Waals surface area contributed by atoms with Crippen molar-refractivity contribution in [3.63, 3.8) is 0 Å². The van der Waals surface area contributed by atoms with Crippen LogP contribution in [0.25, 0.3) is 11.2 Å². The zero-order valence-corrected chi connectivity index (χ0v) is 24.3. The second-order valence-electron chi connectivity index (χ2n) is 10.0. The summed E-state index contributed by atoms with van der Waals surface area (Å²) in [5.74, 6) is -6.66. The number of rotatable bonds is 16. The normalized spacial score (nSPS) is 12.7. The second-order valence-corrected chi connectivity index (χ2v) is 10.0. The average Bonchev–Trinajstić information content (AvgIpc) is 2.97. The highest BCUT2D eigenvalue weighted by Gasteiger charge is 2.27. The molecule has 3 rings (SSSR count). The number of aromatic amines is 1. The van der Waals surface area contributed by atoms with Crippen molar-refractivity contribution in [3.05, 3.63) is 52.1 Å². The van der Waals surface area contributed by atoms with E-state index in [-0.39, 0.29) is 35.6 Å². The van der Waals surface area contributed by atoms with Crippen molar-refractivity contribution in [2.45, 2.75) is 57.3 Å². The largest absolute Gasteiger partial charge is 0.481 e. The molecular formula is C27H31N9O10. The van der Waals surface area contributed by atoms with E-state index in [4.69, 9.17) is 15.9 Å². The summed E-state index contributed by atoms with van der Waals surface area (Å²) in [6, 6.07) is 2.05. The van der Waals surface area contributed by atoms with Gasteiger partial charge in [-0.05, 0) is 37.6 Å². The van der Waals surface area contributed by atoms with Crippen LogP contribution in [0, 0.1) is 0 Å². The molecule has 2 aromatic heterocycles. The van der Waals surface area contributed by atoms with E-state index >= 15 is 0 Å². The van der Waals surface area contributed by atoms with Gasteiger partial charge in [0.05, 0.1) is 31.3 Å². The number of amides is 3. The topological polar surface area (TPSA) is 309 Å². The third kappa shape index (κ3) is 10.2. The molecule has 244 valence electrons. The number of nitrogens with one attached hydrogen (secondary N) is 5. The number of H-pyrrole nitrogens is 1. The summed E-state index contributed by atoms with van der Waals surface area (Å²) in [5, 5.41) is 37.4. The maximum absolute atomic E-state index is 12.7. The van der Waals surface area contributed by atoms with Crippen LogP contribution in [0.15, 0.2) is 35.3 Å². The molecule has 3 aromatic rings. The molecule has 0 saturated carbocycles. The van der Waals surface area contributed by atoms with E-state index in [9.17, 15) is 38.7 Å². The first-order valence-electron chi connectivity index (χ1n) is 13.6. The molecule has 0 fully saturated rings. The second kappa shape index (κ2) is 15.5. The van der Waals surface area contributed by atoms with Gasteiger partial charge >= 0.3 is 17.9 Å². The van der Waals surface area contributed by atoms with Crippen molar-refractivity contribution in [2.24, 2.45) is 0 Å². The van der Waals surface area contributed by atoms with Crippen LogP contribution in [0.2, 0.25) is 0 Å². The number of nitrogens with zero attached hydrogens (tertiary/aromatic N) is 3. The fourth-order valence-electron chi connectivity index (χ4n) is 4.07. The molecule has 0 aliphatic rings. The van der Waals surface area contributed by atoms with E-state index < -0.39 is 78.6 Å². The molecule has 0 aliphatic heterocycles. The molecule has 0 saturated heterocycles. The third-order valence-corrected chi connectivity index (χ3v) is 6.27. The van der Waals surface area contributed by atoms with Crippen LogP contribution in [0.1, 0.15) is 48.7 Å². The fourth-order valence-corrected chi connectivity index (χ4v) is 4.07. The van der Waals surface area contributed by atoms with Gasteiger partial charge in [0.1, 0.15) is 12.1 Å². The first-order valence-corrected chi connectivity index (χ1v) is 13.6. The van der Waals surface area contributed by atoms with Gasteiger partial charge in [0.25, 0.3) is 11.5 Å². The number of nitrogen functional groups attached to an aromatic ring is 1. The molecule has 1 aromatic carbocycles. The van der Waals surface area contributed by atoms with E-state index in [0.717, 1.165) is 0 Å². The van der Waals surface area contributed by atoms with Crippen LogP contribution in [0.3, 0.4) is 0 Å². The van der Waals surface area contributed by atoms with Crippen molar-refractivity contribution in [1.29, 1.82) is 0 Å². The zero-order chi connectivity index (χ0) is 34.0. The van der Waals surface area contributed by atoms with Gasteiger partial charge in [-0.15, -0.1) is 0 Å². The lowest BCUT2D eigenvalue weighted by Gasteiger charge is -2.20. The molecule has 3 atom stereocenters. The number of nitrogens with two attached hydrogens (primary N) is 1. The van der Waals surface area contributed by atoms with Crippen LogP contribution in [0.5, 0.6) is 0 Å². The lowest BCUT2D eigenvalue weighted by molar-refractivity contribution is -0.142. The van der Waals surface area contributed by atoms with Crippen molar-refractivity contribution in [1.82, 2.24) is 35.9 Å². The van der Waals surface area contributed by atoms with Crippen LogP contribution >= 0.6 is 0 Å². The number of fused-ring (bicyclic) bond motifs is 1. The van der Waals surface area contributed by atoms with Gasteiger partial charge in [0.2, 0.25) is 17.8 Å². The van der Waals surface area contributed by atoms with Crippen molar-refractivity contribution < 1.29 is 44.1 Å². The molecule has 10 N–H and O–H groups in total. The average molecular weight is 642 g/mol. The van der Waals surface area contributed by atoms with E-state index in [1.165, 1.54) is 25.3 Å². The van der Waals surface area contributed by atoms with Gasteiger partial charge in [0, 0.05) is 23.7 Å². The fraction of sp³-hybridized carbons (Fsp3) is 0.333. The van der Waals surface area contributed by atoms with Gasteiger partial charge in [0.15, 0.2) is 11.2 Å². The Hall–Kier alpha value is -6.14. The first-order chi connectivity index (χ1) is 21.7. The molecule has 0 bridgehead atoms. The SMILES string of the molecule is C[C@H](CC(=O)O)NC(=O)[C@H](CC(=O)O)NC(=O)CC[C@H](NC(=O)c1ccc(NCc2cnc3nc(N)[nH]c(=O)c3n2)cc1)C(=O)O. The highest BCUT2D eigenvalue weighted by Crippen LogP contribution is 2.12. The van der Waals surface area contributed by atoms with Crippen molar-refractivity contribution in [3.8, 4) is 0 Å². The molecule has 2 heterocycles. The number of carboxylic acids is 3. The molecule has 0 radical (unpaired) electrons. The summed E-state index contributed by atoms with van der Waals surface area (Å²) in [6.45, 7) is 1.55. The van der Waals surface area contributed by atoms with Gasteiger partial charge in [-0.1, -0.05) is 0 Å². The quantitative estimate of drug-likeness (QED) is 0.0888. The lowest BCUT2D eigenvalue weighted by Crippen LogP contribution is -2.50. The highest BCUT2D eigenvalue weighted by molar-refractivity contribution is 5.97. The minimum atomic E-state index is -1.54. The number of carbonyl (C=O) groups is 6. The predicted octanol–water partition coefficient (Wildman–Crippen LogP) is -1.19. The Kier molecular flexibility index (Phi) is 11.6. The van der Waals surface area contributed by atoms with E-state index in [0.29, 0.717) is 11.4 Å². The predicted molar refractivity (Wildman–Crippen MR) is 158 cm³/mol. The molecular weight excluding hydrogens is 610 g/mol. The monoisotopic (exact) mass is 641 g/mol. The number of benzene rings is 1. The van der Waals surface area contributed by atoms with Crippen LogP contribution in [0.4, 0.5) is 11.6 Å². The van der Waals surface area contributed by atoms with Gasteiger partial charge in [-0.2, -0.15) is 4.98 Å². The smallest absolute Gasteiger partial charge is 0.326 e. The van der Waals surface area contributed by atoms with Crippen LogP contribution in [-0.4, -0.2) is 89.0 Å². The van der Waals surface area contributed by atoms with Gasteiger partial charge in [-0.25, -0.2) is 14.8 Å². The molecule has 0 spiro atoms. The molecule has 19 heteroatoms. The maximum atomic E-state index is 12.7.